The van der Waals surface area contributed by atoms with Gasteiger partial charge in [0, 0.05) is 15.5 Å². The summed E-state index contributed by atoms with van der Waals surface area (Å²) in [6, 6.07) is 5.17. The Labute approximate surface area is 116 Å². The normalized spacial score (nSPS) is 20.4. The number of nitrogens with one attached hydrogen (secondary N) is 1. The van der Waals surface area contributed by atoms with Crippen molar-refractivity contribution in [2.75, 3.05) is 11.4 Å². The van der Waals surface area contributed by atoms with Crippen molar-refractivity contribution in [2.45, 2.75) is 6.92 Å². The van der Waals surface area contributed by atoms with Gasteiger partial charge in [-0.2, -0.15) is 0 Å². The highest BCUT2D eigenvalue weighted by Crippen LogP contribution is 2.30. The highest BCUT2D eigenvalue weighted by atomic mass is 79.9. The maximum absolute atomic E-state index is 11.7. The highest BCUT2D eigenvalue weighted by molar-refractivity contribution is 9.11. The zero-order chi connectivity index (χ0) is 12.6. The SMILES string of the molecule is CC1CN(c2ccc(Br)cc2Br)C(=O)NC1=O. The number of hydrogen-bond donors (Lipinski definition) is 1. The summed E-state index contributed by atoms with van der Waals surface area (Å²) in [7, 11) is 0. The second-order valence-corrected chi connectivity index (χ2v) is 5.67. The minimum atomic E-state index is -0.379. The molecule has 17 heavy (non-hydrogen) atoms. The Morgan fingerprint density at radius 3 is 2.71 bits per heavy atom. The quantitative estimate of drug-likeness (QED) is 0.836. The van der Waals surface area contributed by atoms with E-state index in [1.54, 1.807) is 11.8 Å². The molecule has 1 aliphatic heterocycles. The first kappa shape index (κ1) is 12.6. The summed E-state index contributed by atoms with van der Waals surface area (Å²) in [6.45, 7) is 2.19. The summed E-state index contributed by atoms with van der Waals surface area (Å²) >= 11 is 6.76. The van der Waals surface area contributed by atoms with Gasteiger partial charge in [-0.1, -0.05) is 22.9 Å². The van der Waals surface area contributed by atoms with Crippen molar-refractivity contribution < 1.29 is 9.59 Å². The maximum atomic E-state index is 11.7. The van der Waals surface area contributed by atoms with Crippen LogP contribution >= 0.6 is 31.9 Å². The average Bonchev–Trinajstić information content (AvgIpc) is 2.24. The van der Waals surface area contributed by atoms with Crippen molar-refractivity contribution in [2.24, 2.45) is 5.92 Å². The third kappa shape index (κ3) is 2.52. The molecular weight excluding hydrogens is 352 g/mol. The summed E-state index contributed by atoms with van der Waals surface area (Å²) < 4.78 is 1.73. The van der Waals surface area contributed by atoms with Crippen LogP contribution in [0.2, 0.25) is 0 Å². The molecule has 3 amide bonds. The second-order valence-electron chi connectivity index (χ2n) is 3.90. The molecule has 0 aliphatic carbocycles. The van der Waals surface area contributed by atoms with Crippen LogP contribution in [0.3, 0.4) is 0 Å². The molecule has 0 radical (unpaired) electrons. The lowest BCUT2D eigenvalue weighted by Crippen LogP contribution is -2.54. The number of carbonyl (C=O) groups is 2. The summed E-state index contributed by atoms with van der Waals surface area (Å²) in [5.41, 5.74) is 0.755. The Morgan fingerprint density at radius 1 is 1.35 bits per heavy atom. The van der Waals surface area contributed by atoms with Gasteiger partial charge in [0.1, 0.15) is 0 Å². The molecule has 0 aromatic heterocycles. The van der Waals surface area contributed by atoms with Crippen molar-refractivity contribution in [3.63, 3.8) is 0 Å². The largest absolute Gasteiger partial charge is 0.328 e. The second kappa shape index (κ2) is 4.78. The molecule has 1 saturated heterocycles. The first-order chi connectivity index (χ1) is 7.99. The van der Waals surface area contributed by atoms with E-state index in [-0.39, 0.29) is 17.9 Å². The van der Waals surface area contributed by atoms with E-state index >= 15 is 0 Å². The molecule has 1 N–H and O–H groups in total. The zero-order valence-corrected chi connectivity index (χ0v) is 12.2. The minimum Gasteiger partial charge on any atom is -0.292 e. The van der Waals surface area contributed by atoms with Crippen LogP contribution in [-0.4, -0.2) is 18.5 Å². The number of imide groups is 1. The fourth-order valence-corrected chi connectivity index (χ4v) is 2.90. The molecular formula is C11H10Br2N2O2. The molecule has 1 aromatic carbocycles. The van der Waals surface area contributed by atoms with Crippen molar-refractivity contribution in [1.82, 2.24) is 5.32 Å². The van der Waals surface area contributed by atoms with E-state index in [1.165, 1.54) is 0 Å². The summed E-state index contributed by atoms with van der Waals surface area (Å²) in [6.07, 6.45) is 0. The molecule has 90 valence electrons. The monoisotopic (exact) mass is 360 g/mol. The molecule has 6 heteroatoms. The van der Waals surface area contributed by atoms with Crippen molar-refractivity contribution in [1.29, 1.82) is 0 Å². The van der Waals surface area contributed by atoms with Gasteiger partial charge in [0.2, 0.25) is 5.91 Å². The maximum Gasteiger partial charge on any atom is 0.328 e. The van der Waals surface area contributed by atoms with Gasteiger partial charge >= 0.3 is 6.03 Å². The average molecular weight is 362 g/mol. The summed E-state index contributed by atoms with van der Waals surface area (Å²) in [5.74, 6) is -0.428. The molecule has 1 fully saturated rings. The Balaban J connectivity index is 2.33. The molecule has 0 spiro atoms. The Kier molecular flexibility index (Phi) is 3.53. The molecule has 1 atom stereocenters. The first-order valence-corrected chi connectivity index (χ1v) is 6.65. The third-order valence-electron chi connectivity index (χ3n) is 2.58. The van der Waals surface area contributed by atoms with Crippen LogP contribution in [-0.2, 0) is 4.79 Å². The number of anilines is 1. The third-order valence-corrected chi connectivity index (χ3v) is 3.71. The van der Waals surface area contributed by atoms with Crippen LogP contribution in [0.1, 0.15) is 6.92 Å². The van der Waals surface area contributed by atoms with E-state index in [4.69, 9.17) is 0 Å². The van der Waals surface area contributed by atoms with E-state index in [0.29, 0.717) is 6.54 Å². The van der Waals surface area contributed by atoms with E-state index in [2.05, 4.69) is 37.2 Å². The van der Waals surface area contributed by atoms with Crippen molar-refractivity contribution in [3.8, 4) is 0 Å². The predicted octanol–water partition coefficient (Wildman–Crippen LogP) is 2.90. The van der Waals surface area contributed by atoms with Gasteiger partial charge in [-0.25, -0.2) is 4.79 Å². The van der Waals surface area contributed by atoms with Gasteiger partial charge in [0.05, 0.1) is 11.6 Å². The van der Waals surface area contributed by atoms with Crippen LogP contribution in [0.25, 0.3) is 0 Å². The molecule has 4 nitrogen and oxygen atoms in total. The Morgan fingerprint density at radius 2 is 2.06 bits per heavy atom. The highest BCUT2D eigenvalue weighted by Gasteiger charge is 2.30. The number of urea groups is 1. The lowest BCUT2D eigenvalue weighted by atomic mass is 10.1. The lowest BCUT2D eigenvalue weighted by molar-refractivity contribution is -0.123. The van der Waals surface area contributed by atoms with Gasteiger partial charge in [-0.3, -0.25) is 15.0 Å². The van der Waals surface area contributed by atoms with Gasteiger partial charge in [0.25, 0.3) is 0 Å². The Hall–Kier alpha value is -0.880. The van der Waals surface area contributed by atoms with Crippen LogP contribution in [0, 0.1) is 5.92 Å². The number of amides is 3. The molecule has 0 saturated carbocycles. The number of halogens is 2. The van der Waals surface area contributed by atoms with Gasteiger partial charge < -0.3 is 0 Å². The minimum absolute atomic E-state index is 0.205. The van der Waals surface area contributed by atoms with Crippen LogP contribution < -0.4 is 10.2 Å². The topological polar surface area (TPSA) is 49.4 Å². The fourth-order valence-electron chi connectivity index (χ4n) is 1.64. The first-order valence-electron chi connectivity index (χ1n) is 5.06. The van der Waals surface area contributed by atoms with Gasteiger partial charge in [-0.15, -0.1) is 0 Å². The standard InChI is InChI=1S/C11H10Br2N2O2/c1-6-5-15(11(17)14-10(6)16)9-3-2-7(12)4-8(9)13/h2-4,6H,5H2,1H3,(H,14,16,17). The van der Waals surface area contributed by atoms with Gasteiger partial charge in [-0.05, 0) is 34.1 Å². The van der Waals surface area contributed by atoms with Gasteiger partial charge in [0.15, 0.2) is 0 Å². The number of benzene rings is 1. The van der Waals surface area contributed by atoms with E-state index < -0.39 is 0 Å². The van der Waals surface area contributed by atoms with E-state index in [0.717, 1.165) is 14.6 Å². The molecule has 1 heterocycles. The molecule has 1 unspecified atom stereocenters. The molecule has 2 rings (SSSR count). The van der Waals surface area contributed by atoms with E-state index in [1.807, 2.05) is 18.2 Å². The predicted molar refractivity (Wildman–Crippen MR) is 71.9 cm³/mol. The smallest absolute Gasteiger partial charge is 0.292 e. The molecule has 0 bridgehead atoms. The van der Waals surface area contributed by atoms with Crippen LogP contribution in [0.5, 0.6) is 0 Å². The number of rotatable bonds is 1. The van der Waals surface area contributed by atoms with Crippen LogP contribution in [0.15, 0.2) is 27.1 Å². The zero-order valence-electron chi connectivity index (χ0n) is 9.04. The molecule has 1 aromatic rings. The molecule has 1 aliphatic rings. The lowest BCUT2D eigenvalue weighted by Gasteiger charge is -2.31. The Bertz CT molecular complexity index is 490. The summed E-state index contributed by atoms with van der Waals surface area (Å²) in [5, 5.41) is 2.33. The number of nitrogens with zero attached hydrogens (tertiary/aromatic N) is 1. The van der Waals surface area contributed by atoms with E-state index in [9.17, 15) is 9.59 Å². The van der Waals surface area contributed by atoms with Crippen LogP contribution in [0.4, 0.5) is 10.5 Å². The number of hydrogen-bond acceptors (Lipinski definition) is 2. The van der Waals surface area contributed by atoms with Crippen molar-refractivity contribution >= 4 is 49.5 Å². The van der Waals surface area contributed by atoms with Crippen molar-refractivity contribution in [3.05, 3.63) is 27.1 Å². The number of carbonyl (C=O) groups excluding carboxylic acids is 2. The fraction of sp³-hybridized carbons (Fsp3) is 0.273. The summed E-state index contributed by atoms with van der Waals surface area (Å²) in [4.78, 5) is 24.6.